The van der Waals surface area contributed by atoms with Crippen LogP contribution in [0.4, 0.5) is 0 Å². The minimum absolute atomic E-state index is 0.582. The molecule has 0 unspecified atom stereocenters. The van der Waals surface area contributed by atoms with E-state index in [0.717, 1.165) is 45.4 Å². The van der Waals surface area contributed by atoms with E-state index in [4.69, 9.17) is 10.6 Å². The van der Waals surface area contributed by atoms with E-state index in [2.05, 4.69) is 20.6 Å². The molecule has 16 heavy (non-hydrogen) atoms. The number of rotatable bonds is 4. The molecule has 0 aromatic rings. The van der Waals surface area contributed by atoms with Crippen LogP contribution in [0, 0.1) is 0 Å². The van der Waals surface area contributed by atoms with Gasteiger partial charge in [-0.1, -0.05) is 0 Å². The van der Waals surface area contributed by atoms with Gasteiger partial charge in [-0.15, -0.1) is 0 Å². The summed E-state index contributed by atoms with van der Waals surface area (Å²) in [5.41, 5.74) is 2.61. The zero-order chi connectivity index (χ0) is 11.2. The summed E-state index contributed by atoms with van der Waals surface area (Å²) in [5.74, 6) is 6.11. The number of hydrogen-bond donors (Lipinski definition) is 3. The normalized spacial score (nSPS) is 23.2. The van der Waals surface area contributed by atoms with Gasteiger partial charge in [0.25, 0.3) is 0 Å². The molecule has 0 atom stereocenters. The molecule has 0 aromatic heterocycles. The van der Waals surface area contributed by atoms with Crippen molar-refractivity contribution < 1.29 is 4.74 Å². The Morgan fingerprint density at radius 1 is 1.38 bits per heavy atom. The first-order valence-electron chi connectivity index (χ1n) is 5.96. The fraction of sp³-hybridized carbons (Fsp3) is 0.900. The monoisotopic (exact) mass is 227 g/mol. The van der Waals surface area contributed by atoms with E-state index in [1.165, 1.54) is 12.8 Å². The molecule has 1 aliphatic heterocycles. The van der Waals surface area contributed by atoms with Crippen LogP contribution >= 0.6 is 0 Å². The van der Waals surface area contributed by atoms with Crippen molar-refractivity contribution in [1.29, 1.82) is 0 Å². The molecule has 2 fully saturated rings. The third-order valence-corrected chi connectivity index (χ3v) is 2.84. The number of hydrogen-bond acceptors (Lipinski definition) is 4. The summed E-state index contributed by atoms with van der Waals surface area (Å²) in [4.78, 5) is 6.76. The van der Waals surface area contributed by atoms with Gasteiger partial charge in [0, 0.05) is 25.7 Å². The summed E-state index contributed by atoms with van der Waals surface area (Å²) in [7, 11) is 0. The molecule has 2 rings (SSSR count). The second kappa shape index (κ2) is 6.03. The average Bonchev–Trinajstić information content (AvgIpc) is 3.13. The van der Waals surface area contributed by atoms with Crippen molar-refractivity contribution >= 4 is 5.96 Å². The molecule has 1 heterocycles. The first-order valence-corrected chi connectivity index (χ1v) is 5.96. The smallest absolute Gasteiger partial charge is 0.205 e. The number of aliphatic imine (C=N–C) groups is 1. The molecule has 92 valence electrons. The number of guanidine groups is 1. The molecular formula is C10H21N5O. The number of ether oxygens (including phenoxy) is 1. The summed E-state index contributed by atoms with van der Waals surface area (Å²) in [5, 5.41) is 3.25. The second-order valence-corrected chi connectivity index (χ2v) is 4.25. The molecule has 0 radical (unpaired) electrons. The van der Waals surface area contributed by atoms with Crippen molar-refractivity contribution in [3.8, 4) is 0 Å². The van der Waals surface area contributed by atoms with E-state index in [1.54, 1.807) is 0 Å². The van der Waals surface area contributed by atoms with Gasteiger partial charge < -0.3 is 10.1 Å². The van der Waals surface area contributed by atoms with Gasteiger partial charge in [-0.3, -0.25) is 15.3 Å². The van der Waals surface area contributed by atoms with Crippen molar-refractivity contribution in [1.82, 2.24) is 15.6 Å². The van der Waals surface area contributed by atoms with E-state index in [1.807, 2.05) is 0 Å². The largest absolute Gasteiger partial charge is 0.379 e. The molecule has 2 aliphatic rings. The number of morpholine rings is 1. The lowest BCUT2D eigenvalue weighted by molar-refractivity contribution is 0.0394. The highest BCUT2D eigenvalue weighted by molar-refractivity contribution is 5.79. The van der Waals surface area contributed by atoms with Crippen LogP contribution in [0.2, 0.25) is 0 Å². The summed E-state index contributed by atoms with van der Waals surface area (Å²) < 4.78 is 5.29. The van der Waals surface area contributed by atoms with E-state index in [-0.39, 0.29) is 0 Å². The SMILES string of the molecule is NNC(=NCCN1CCOCC1)NC1CC1. The maximum Gasteiger partial charge on any atom is 0.205 e. The third-order valence-electron chi connectivity index (χ3n) is 2.84. The van der Waals surface area contributed by atoms with E-state index in [9.17, 15) is 0 Å². The van der Waals surface area contributed by atoms with Crippen LogP contribution < -0.4 is 16.6 Å². The Morgan fingerprint density at radius 3 is 2.75 bits per heavy atom. The van der Waals surface area contributed by atoms with Crippen molar-refractivity contribution in [2.45, 2.75) is 18.9 Å². The van der Waals surface area contributed by atoms with Crippen molar-refractivity contribution in [2.75, 3.05) is 39.4 Å². The van der Waals surface area contributed by atoms with E-state index >= 15 is 0 Å². The van der Waals surface area contributed by atoms with Crippen LogP contribution in [-0.4, -0.2) is 56.3 Å². The van der Waals surface area contributed by atoms with Gasteiger partial charge in [0.15, 0.2) is 0 Å². The predicted molar refractivity (Wildman–Crippen MR) is 63.0 cm³/mol. The summed E-state index contributed by atoms with van der Waals surface area (Å²) in [6, 6.07) is 0.582. The fourth-order valence-electron chi connectivity index (χ4n) is 1.68. The minimum Gasteiger partial charge on any atom is -0.379 e. The highest BCUT2D eigenvalue weighted by Crippen LogP contribution is 2.18. The number of nitrogens with one attached hydrogen (secondary N) is 2. The Hall–Kier alpha value is -0.850. The topological polar surface area (TPSA) is 74.9 Å². The molecule has 1 saturated carbocycles. The molecule has 6 heteroatoms. The van der Waals surface area contributed by atoms with Crippen molar-refractivity contribution in [3.63, 3.8) is 0 Å². The van der Waals surface area contributed by atoms with Crippen LogP contribution in [-0.2, 0) is 4.74 Å². The summed E-state index contributed by atoms with van der Waals surface area (Å²) in [6.07, 6.45) is 2.45. The van der Waals surface area contributed by atoms with Gasteiger partial charge >= 0.3 is 0 Å². The van der Waals surface area contributed by atoms with E-state index in [0.29, 0.717) is 6.04 Å². The summed E-state index contributed by atoms with van der Waals surface area (Å²) >= 11 is 0. The molecule has 0 bridgehead atoms. The standard InChI is InChI=1S/C10H21N5O/c11-14-10(13-9-1-2-9)12-3-4-15-5-7-16-8-6-15/h9H,1-8,11H2,(H2,12,13,14). The molecule has 0 amide bonds. The maximum absolute atomic E-state index is 5.39. The Bertz CT molecular complexity index is 235. The van der Waals surface area contributed by atoms with Gasteiger partial charge in [-0.05, 0) is 12.8 Å². The molecule has 6 nitrogen and oxygen atoms in total. The van der Waals surface area contributed by atoms with Crippen LogP contribution in [0.15, 0.2) is 4.99 Å². The van der Waals surface area contributed by atoms with Crippen molar-refractivity contribution in [2.24, 2.45) is 10.8 Å². The number of nitrogens with two attached hydrogens (primary N) is 1. The van der Waals surface area contributed by atoms with Crippen LogP contribution in [0.5, 0.6) is 0 Å². The highest BCUT2D eigenvalue weighted by atomic mass is 16.5. The number of hydrazine groups is 1. The quantitative estimate of drug-likeness (QED) is 0.246. The highest BCUT2D eigenvalue weighted by Gasteiger charge is 2.21. The average molecular weight is 227 g/mol. The summed E-state index contributed by atoms with van der Waals surface area (Å²) in [6.45, 7) is 5.45. The van der Waals surface area contributed by atoms with Gasteiger partial charge in [-0.25, -0.2) is 5.84 Å². The Labute approximate surface area is 96.2 Å². The van der Waals surface area contributed by atoms with Crippen LogP contribution in [0.3, 0.4) is 0 Å². The van der Waals surface area contributed by atoms with Gasteiger partial charge in [-0.2, -0.15) is 0 Å². The lowest BCUT2D eigenvalue weighted by Gasteiger charge is -2.25. The Kier molecular flexibility index (Phi) is 4.38. The first-order chi connectivity index (χ1) is 7.88. The second-order valence-electron chi connectivity index (χ2n) is 4.25. The van der Waals surface area contributed by atoms with Crippen LogP contribution in [0.1, 0.15) is 12.8 Å². The number of nitrogens with zero attached hydrogens (tertiary/aromatic N) is 2. The minimum atomic E-state index is 0.582. The first kappa shape index (κ1) is 11.6. The lowest BCUT2D eigenvalue weighted by atomic mass is 10.4. The van der Waals surface area contributed by atoms with Gasteiger partial charge in [0.2, 0.25) is 5.96 Å². The zero-order valence-electron chi connectivity index (χ0n) is 9.61. The van der Waals surface area contributed by atoms with E-state index < -0.39 is 0 Å². The lowest BCUT2D eigenvalue weighted by Crippen LogP contribution is -2.43. The maximum atomic E-state index is 5.39. The fourth-order valence-corrected chi connectivity index (χ4v) is 1.68. The van der Waals surface area contributed by atoms with Crippen LogP contribution in [0.25, 0.3) is 0 Å². The Balaban J connectivity index is 1.64. The molecule has 4 N–H and O–H groups in total. The Morgan fingerprint density at radius 2 is 2.12 bits per heavy atom. The third kappa shape index (κ3) is 3.96. The molecular weight excluding hydrogens is 206 g/mol. The molecule has 0 spiro atoms. The molecule has 1 saturated heterocycles. The van der Waals surface area contributed by atoms with Crippen molar-refractivity contribution in [3.05, 3.63) is 0 Å². The predicted octanol–water partition coefficient (Wildman–Crippen LogP) is -1.11. The molecule has 0 aromatic carbocycles. The zero-order valence-corrected chi connectivity index (χ0v) is 9.61. The van der Waals surface area contributed by atoms with Gasteiger partial charge in [0.05, 0.1) is 19.8 Å². The van der Waals surface area contributed by atoms with Gasteiger partial charge in [0.1, 0.15) is 0 Å². The molecule has 1 aliphatic carbocycles.